The summed E-state index contributed by atoms with van der Waals surface area (Å²) < 4.78 is 24.7. The van der Waals surface area contributed by atoms with E-state index in [0.717, 1.165) is 0 Å². The standard InChI is InChI=1S/C7H5BrF2N2O3/c8-6-3(7(9)10)1-5(12(14)15)11-4(6)2-13/h1,7,13H,2H2. The Labute approximate surface area is 91.0 Å². The van der Waals surface area contributed by atoms with Crippen LogP contribution in [0.1, 0.15) is 17.7 Å². The maximum absolute atomic E-state index is 12.4. The molecule has 0 spiro atoms. The van der Waals surface area contributed by atoms with Crippen molar-refractivity contribution in [1.82, 2.24) is 4.98 Å². The lowest BCUT2D eigenvalue weighted by Crippen LogP contribution is -2.01. The molecular formula is C7H5BrF2N2O3. The summed E-state index contributed by atoms with van der Waals surface area (Å²) in [4.78, 5) is 12.9. The van der Waals surface area contributed by atoms with Crippen LogP contribution in [-0.4, -0.2) is 15.0 Å². The van der Waals surface area contributed by atoms with Gasteiger partial charge in [0, 0.05) is 11.6 Å². The average molecular weight is 283 g/mol. The van der Waals surface area contributed by atoms with E-state index in [1.807, 2.05) is 0 Å². The van der Waals surface area contributed by atoms with E-state index in [4.69, 9.17) is 5.11 Å². The molecule has 82 valence electrons. The zero-order valence-corrected chi connectivity index (χ0v) is 8.74. The Morgan fingerprint density at radius 3 is 2.67 bits per heavy atom. The molecule has 0 aromatic carbocycles. The van der Waals surface area contributed by atoms with Crippen LogP contribution in [0.3, 0.4) is 0 Å². The second-order valence-corrected chi connectivity index (χ2v) is 3.34. The number of nitrogens with zero attached hydrogens (tertiary/aromatic N) is 2. The number of aromatic nitrogens is 1. The second-order valence-electron chi connectivity index (χ2n) is 2.55. The molecular weight excluding hydrogens is 278 g/mol. The molecule has 0 amide bonds. The highest BCUT2D eigenvalue weighted by Crippen LogP contribution is 2.31. The monoisotopic (exact) mass is 282 g/mol. The lowest BCUT2D eigenvalue weighted by molar-refractivity contribution is -0.389. The maximum Gasteiger partial charge on any atom is 0.364 e. The van der Waals surface area contributed by atoms with E-state index in [-0.39, 0.29) is 10.2 Å². The summed E-state index contributed by atoms with van der Waals surface area (Å²) >= 11 is 2.80. The molecule has 0 radical (unpaired) electrons. The molecule has 1 heterocycles. The van der Waals surface area contributed by atoms with Crippen LogP contribution in [0, 0.1) is 10.1 Å². The molecule has 0 fully saturated rings. The van der Waals surface area contributed by atoms with Crippen molar-refractivity contribution >= 4 is 21.7 Å². The van der Waals surface area contributed by atoms with Gasteiger partial charge in [0.2, 0.25) is 0 Å². The number of hydrogen-bond donors (Lipinski definition) is 1. The predicted molar refractivity (Wildman–Crippen MR) is 49.5 cm³/mol. The summed E-state index contributed by atoms with van der Waals surface area (Å²) in [5.41, 5.74) is -0.736. The van der Waals surface area contributed by atoms with Crippen molar-refractivity contribution in [2.24, 2.45) is 0 Å². The van der Waals surface area contributed by atoms with E-state index in [1.54, 1.807) is 0 Å². The van der Waals surface area contributed by atoms with Crippen molar-refractivity contribution in [3.8, 4) is 0 Å². The van der Waals surface area contributed by atoms with Gasteiger partial charge in [-0.1, -0.05) is 0 Å². The number of pyridine rings is 1. The summed E-state index contributed by atoms with van der Waals surface area (Å²) in [5, 5.41) is 19.1. The number of hydrogen-bond acceptors (Lipinski definition) is 4. The van der Waals surface area contributed by atoms with Gasteiger partial charge in [-0.2, -0.15) is 0 Å². The number of aliphatic hydroxyl groups excluding tert-OH is 1. The smallest absolute Gasteiger partial charge is 0.364 e. The quantitative estimate of drug-likeness (QED) is 0.681. The first-order valence-electron chi connectivity index (χ1n) is 3.70. The number of halogens is 3. The number of rotatable bonds is 3. The summed E-state index contributed by atoms with van der Waals surface area (Å²) in [7, 11) is 0. The van der Waals surface area contributed by atoms with Crippen LogP contribution >= 0.6 is 15.9 Å². The Hall–Kier alpha value is -1.15. The van der Waals surface area contributed by atoms with Gasteiger partial charge >= 0.3 is 5.82 Å². The predicted octanol–water partition coefficient (Wildman–Crippen LogP) is 2.18. The summed E-state index contributed by atoms with van der Waals surface area (Å²) in [6.45, 7) is -0.651. The molecule has 1 aromatic heterocycles. The largest absolute Gasteiger partial charge is 0.388 e. The fourth-order valence-corrected chi connectivity index (χ4v) is 1.45. The van der Waals surface area contributed by atoms with E-state index < -0.39 is 29.3 Å². The molecule has 15 heavy (non-hydrogen) atoms. The van der Waals surface area contributed by atoms with Crippen LogP contribution in [0.2, 0.25) is 0 Å². The Bertz CT molecular complexity index is 400. The minimum atomic E-state index is -2.87. The van der Waals surface area contributed by atoms with Crippen molar-refractivity contribution in [2.45, 2.75) is 13.0 Å². The third kappa shape index (κ3) is 2.45. The molecule has 1 N–H and O–H groups in total. The SMILES string of the molecule is O=[N+]([O-])c1cc(C(F)F)c(Br)c(CO)n1. The van der Waals surface area contributed by atoms with Crippen molar-refractivity contribution in [1.29, 1.82) is 0 Å². The molecule has 0 saturated carbocycles. The van der Waals surface area contributed by atoms with Gasteiger partial charge in [-0.15, -0.1) is 0 Å². The van der Waals surface area contributed by atoms with Gasteiger partial charge in [0.05, 0.1) is 4.47 Å². The Morgan fingerprint density at radius 1 is 1.67 bits per heavy atom. The normalized spacial score (nSPS) is 10.7. The first-order chi connectivity index (χ1) is 6.97. The Morgan fingerprint density at radius 2 is 2.27 bits per heavy atom. The zero-order valence-electron chi connectivity index (χ0n) is 7.15. The van der Waals surface area contributed by atoms with Gasteiger partial charge in [-0.05, 0) is 25.8 Å². The molecule has 1 rings (SSSR count). The Balaban J connectivity index is 3.38. The number of aliphatic hydroxyl groups is 1. The van der Waals surface area contributed by atoms with Crippen molar-refractivity contribution in [2.75, 3.05) is 0 Å². The molecule has 8 heteroatoms. The minimum Gasteiger partial charge on any atom is -0.388 e. The highest BCUT2D eigenvalue weighted by molar-refractivity contribution is 9.10. The van der Waals surface area contributed by atoms with Gasteiger partial charge in [-0.25, -0.2) is 8.78 Å². The molecule has 5 nitrogen and oxygen atoms in total. The van der Waals surface area contributed by atoms with E-state index >= 15 is 0 Å². The maximum atomic E-state index is 12.4. The number of alkyl halides is 2. The van der Waals surface area contributed by atoms with Gasteiger partial charge in [0.25, 0.3) is 6.43 Å². The average Bonchev–Trinajstić information content (AvgIpc) is 2.17. The fourth-order valence-electron chi connectivity index (χ4n) is 0.946. The van der Waals surface area contributed by atoms with Gasteiger partial charge in [0.15, 0.2) is 5.69 Å². The molecule has 1 aromatic rings. The third-order valence-corrected chi connectivity index (χ3v) is 2.53. The highest BCUT2D eigenvalue weighted by atomic mass is 79.9. The van der Waals surface area contributed by atoms with Crippen LogP contribution in [-0.2, 0) is 6.61 Å². The van der Waals surface area contributed by atoms with Crippen molar-refractivity contribution in [3.05, 3.63) is 31.9 Å². The van der Waals surface area contributed by atoms with Crippen LogP contribution in [0.25, 0.3) is 0 Å². The Kier molecular flexibility index (Phi) is 3.64. The van der Waals surface area contributed by atoms with Gasteiger partial charge < -0.3 is 15.2 Å². The number of nitro groups is 1. The molecule has 0 bridgehead atoms. The molecule has 0 saturated heterocycles. The van der Waals surface area contributed by atoms with Crippen molar-refractivity contribution < 1.29 is 18.8 Å². The fraction of sp³-hybridized carbons (Fsp3) is 0.286. The first-order valence-corrected chi connectivity index (χ1v) is 4.49. The van der Waals surface area contributed by atoms with Crippen LogP contribution < -0.4 is 0 Å². The first kappa shape index (κ1) is 11.9. The summed E-state index contributed by atoms with van der Waals surface area (Å²) in [6, 6.07) is 0.675. The lowest BCUT2D eigenvalue weighted by Gasteiger charge is -2.04. The van der Waals surface area contributed by atoms with Gasteiger partial charge in [0.1, 0.15) is 6.61 Å². The topological polar surface area (TPSA) is 76.3 Å². The lowest BCUT2D eigenvalue weighted by atomic mass is 10.2. The van der Waals surface area contributed by atoms with E-state index in [0.29, 0.717) is 6.07 Å². The molecule has 0 unspecified atom stereocenters. The third-order valence-electron chi connectivity index (χ3n) is 1.61. The van der Waals surface area contributed by atoms with E-state index in [1.165, 1.54) is 0 Å². The van der Waals surface area contributed by atoms with Gasteiger partial charge in [-0.3, -0.25) is 0 Å². The molecule has 0 atom stereocenters. The molecule has 0 aliphatic carbocycles. The van der Waals surface area contributed by atoms with Crippen LogP contribution in [0.15, 0.2) is 10.5 Å². The summed E-state index contributed by atoms with van der Waals surface area (Å²) in [6.07, 6.45) is -2.87. The zero-order chi connectivity index (χ0) is 11.6. The highest BCUT2D eigenvalue weighted by Gasteiger charge is 2.23. The van der Waals surface area contributed by atoms with Crippen LogP contribution in [0.5, 0.6) is 0 Å². The summed E-state index contributed by atoms with van der Waals surface area (Å²) in [5.74, 6) is -0.711. The minimum absolute atomic E-state index is 0.106. The molecule has 0 aliphatic heterocycles. The molecule has 0 aliphatic rings. The van der Waals surface area contributed by atoms with Crippen LogP contribution in [0.4, 0.5) is 14.6 Å². The second kappa shape index (κ2) is 4.58. The van der Waals surface area contributed by atoms with E-state index in [9.17, 15) is 18.9 Å². The van der Waals surface area contributed by atoms with E-state index in [2.05, 4.69) is 20.9 Å². The van der Waals surface area contributed by atoms with Crippen molar-refractivity contribution in [3.63, 3.8) is 0 Å².